The first-order chi connectivity index (χ1) is 10.3. The first-order valence-electron chi connectivity index (χ1n) is 7.51. The molecule has 0 spiro atoms. The Morgan fingerprint density at radius 1 is 1.23 bits per heavy atom. The van der Waals surface area contributed by atoms with Crippen molar-refractivity contribution < 1.29 is 13.7 Å². The van der Waals surface area contributed by atoms with Crippen LogP contribution in [0.25, 0.3) is 10.9 Å². The van der Waals surface area contributed by atoms with E-state index in [1.807, 2.05) is 44.4 Å². The van der Waals surface area contributed by atoms with Gasteiger partial charge in [-0.1, -0.05) is 12.1 Å². The molecule has 3 rings (SSSR count). The molecule has 0 radical (unpaired) electrons. The average molecular weight is 301 g/mol. The second-order valence-electron chi connectivity index (χ2n) is 6.73. The Balaban J connectivity index is 2.13. The molecule has 0 N–H and O–H groups in total. The molecule has 0 aliphatic carbocycles. The lowest BCUT2D eigenvalue weighted by atomic mass is 9.84. The molecule has 116 valence electrons. The summed E-state index contributed by atoms with van der Waals surface area (Å²) in [5, 5.41) is 0.578. The zero-order valence-electron chi connectivity index (χ0n) is 13.5. The normalized spacial score (nSPS) is 19.8. The summed E-state index contributed by atoms with van der Waals surface area (Å²) >= 11 is 0. The number of halogens is 1. The van der Waals surface area contributed by atoms with E-state index in [-0.39, 0.29) is 5.82 Å². The molecule has 0 bridgehead atoms. The Kier molecular flexibility index (Phi) is 3.46. The van der Waals surface area contributed by atoms with Gasteiger partial charge in [-0.2, -0.15) is 0 Å². The van der Waals surface area contributed by atoms with Gasteiger partial charge in [-0.15, -0.1) is 6.58 Å². The van der Waals surface area contributed by atoms with Crippen molar-refractivity contribution in [2.75, 3.05) is 0 Å². The molecule has 1 aromatic carbocycles. The molecule has 0 unspecified atom stereocenters. The lowest BCUT2D eigenvalue weighted by molar-refractivity contribution is 0.00578. The van der Waals surface area contributed by atoms with Crippen LogP contribution in [-0.2, 0) is 15.9 Å². The lowest BCUT2D eigenvalue weighted by Gasteiger charge is -2.32. The van der Waals surface area contributed by atoms with E-state index in [2.05, 4.69) is 6.58 Å². The molecule has 1 saturated heterocycles. The van der Waals surface area contributed by atoms with Crippen LogP contribution in [0.2, 0.25) is 0 Å². The molecular weight excluding hydrogens is 280 g/mol. The highest BCUT2D eigenvalue weighted by Crippen LogP contribution is 2.37. The van der Waals surface area contributed by atoms with E-state index in [1.54, 1.807) is 12.1 Å². The molecule has 1 fully saturated rings. The van der Waals surface area contributed by atoms with Gasteiger partial charge in [0, 0.05) is 17.5 Å². The number of nitrogens with zero attached hydrogens (tertiary/aromatic N) is 1. The maximum Gasteiger partial charge on any atom is 0.512 e. The quantitative estimate of drug-likeness (QED) is 0.641. The highest BCUT2D eigenvalue weighted by Gasteiger charge is 2.52. The van der Waals surface area contributed by atoms with Gasteiger partial charge in [-0.3, -0.25) is 0 Å². The summed E-state index contributed by atoms with van der Waals surface area (Å²) in [4.78, 5) is 0. The number of fused-ring (bicyclic) bond motifs is 1. The summed E-state index contributed by atoms with van der Waals surface area (Å²) in [5.41, 5.74) is 0.792. The summed E-state index contributed by atoms with van der Waals surface area (Å²) in [6, 6.07) is 6.90. The van der Waals surface area contributed by atoms with Crippen molar-refractivity contribution in [1.82, 2.24) is 4.57 Å². The molecule has 0 amide bonds. The third kappa shape index (κ3) is 2.20. The van der Waals surface area contributed by atoms with Crippen molar-refractivity contribution in [3.63, 3.8) is 0 Å². The second-order valence-corrected chi connectivity index (χ2v) is 6.73. The van der Waals surface area contributed by atoms with E-state index in [9.17, 15) is 4.39 Å². The first-order valence-corrected chi connectivity index (χ1v) is 7.51. The third-order valence-electron chi connectivity index (χ3n) is 4.73. The zero-order chi connectivity index (χ0) is 16.1. The van der Waals surface area contributed by atoms with Gasteiger partial charge in [0.25, 0.3) is 0 Å². The summed E-state index contributed by atoms with van der Waals surface area (Å²) in [7, 11) is -0.517. The van der Waals surface area contributed by atoms with Gasteiger partial charge in [0.15, 0.2) is 0 Å². The summed E-state index contributed by atoms with van der Waals surface area (Å²) in [6.07, 6.45) is 1.79. The molecule has 2 aromatic rings. The summed E-state index contributed by atoms with van der Waals surface area (Å²) < 4.78 is 28.3. The van der Waals surface area contributed by atoms with E-state index in [4.69, 9.17) is 9.31 Å². The fraction of sp³-hybridized carbons (Fsp3) is 0.412. The van der Waals surface area contributed by atoms with Gasteiger partial charge < -0.3 is 13.9 Å². The van der Waals surface area contributed by atoms with Gasteiger partial charge >= 0.3 is 7.12 Å². The third-order valence-corrected chi connectivity index (χ3v) is 4.73. The Labute approximate surface area is 130 Å². The fourth-order valence-electron chi connectivity index (χ4n) is 2.76. The highest BCUT2D eigenvalue weighted by molar-refractivity contribution is 6.61. The van der Waals surface area contributed by atoms with Crippen LogP contribution in [0.15, 0.2) is 36.9 Å². The molecular formula is C17H21BFNO2. The molecule has 0 saturated carbocycles. The van der Waals surface area contributed by atoms with Gasteiger partial charge in [0.2, 0.25) is 0 Å². The fourth-order valence-corrected chi connectivity index (χ4v) is 2.76. The molecule has 1 aliphatic rings. The molecule has 22 heavy (non-hydrogen) atoms. The predicted molar refractivity (Wildman–Crippen MR) is 87.8 cm³/mol. The van der Waals surface area contributed by atoms with Crippen molar-refractivity contribution >= 4 is 23.6 Å². The number of rotatable bonds is 3. The number of allylic oxidation sites excluding steroid dienone is 1. The zero-order valence-corrected chi connectivity index (χ0v) is 13.5. The van der Waals surface area contributed by atoms with Crippen LogP contribution in [0, 0.1) is 5.82 Å². The number of benzene rings is 1. The van der Waals surface area contributed by atoms with E-state index in [1.165, 1.54) is 6.07 Å². The molecule has 1 aromatic heterocycles. The highest BCUT2D eigenvalue weighted by atomic mass is 19.1. The number of hydrogen-bond acceptors (Lipinski definition) is 2. The molecule has 0 atom stereocenters. The topological polar surface area (TPSA) is 23.4 Å². The molecule has 2 heterocycles. The maximum absolute atomic E-state index is 14.1. The Morgan fingerprint density at radius 2 is 1.86 bits per heavy atom. The van der Waals surface area contributed by atoms with Gasteiger partial charge in [-0.05, 0) is 45.9 Å². The summed E-state index contributed by atoms with van der Waals surface area (Å²) in [5.74, 6) is -0.238. The molecule has 1 aliphatic heterocycles. The van der Waals surface area contributed by atoms with E-state index < -0.39 is 18.3 Å². The Bertz CT molecular complexity index is 720. The number of aromatic nitrogens is 1. The molecule has 5 heteroatoms. The number of hydrogen-bond donors (Lipinski definition) is 0. The van der Waals surface area contributed by atoms with Crippen molar-refractivity contribution in [3.05, 3.63) is 42.7 Å². The van der Waals surface area contributed by atoms with Crippen LogP contribution in [0.1, 0.15) is 27.7 Å². The van der Waals surface area contributed by atoms with Crippen LogP contribution in [0.3, 0.4) is 0 Å². The average Bonchev–Trinajstić information content (AvgIpc) is 2.88. The SMILES string of the molecule is C=CCn1c(B2OC(C)(C)C(C)(C)O2)cc2c(F)cccc21. The van der Waals surface area contributed by atoms with Gasteiger partial charge in [0.1, 0.15) is 5.82 Å². The van der Waals surface area contributed by atoms with Crippen LogP contribution < -0.4 is 5.59 Å². The lowest BCUT2D eigenvalue weighted by Crippen LogP contribution is -2.41. The van der Waals surface area contributed by atoms with E-state index >= 15 is 0 Å². The standard InChI is InChI=1S/C17H21BFNO2/c1-6-10-20-14-9-7-8-13(19)12(14)11-15(20)18-21-16(2,3)17(4,5)22-18/h6-9,11H,1,10H2,2-5H3. The van der Waals surface area contributed by atoms with Crippen LogP contribution in [0.4, 0.5) is 4.39 Å². The minimum Gasteiger partial charge on any atom is -0.398 e. The van der Waals surface area contributed by atoms with Crippen molar-refractivity contribution in [2.24, 2.45) is 0 Å². The van der Waals surface area contributed by atoms with Crippen LogP contribution in [-0.4, -0.2) is 22.9 Å². The Hall–Kier alpha value is -1.59. The monoisotopic (exact) mass is 301 g/mol. The van der Waals surface area contributed by atoms with Gasteiger partial charge in [-0.25, -0.2) is 4.39 Å². The smallest absolute Gasteiger partial charge is 0.398 e. The minimum atomic E-state index is -0.517. The Morgan fingerprint density at radius 3 is 2.45 bits per heavy atom. The largest absolute Gasteiger partial charge is 0.512 e. The van der Waals surface area contributed by atoms with Crippen LogP contribution >= 0.6 is 0 Å². The van der Waals surface area contributed by atoms with E-state index in [0.29, 0.717) is 11.9 Å². The first kappa shape index (κ1) is 15.3. The summed E-state index contributed by atoms with van der Waals surface area (Å²) in [6.45, 7) is 12.4. The van der Waals surface area contributed by atoms with Crippen molar-refractivity contribution in [1.29, 1.82) is 0 Å². The van der Waals surface area contributed by atoms with Gasteiger partial charge in [0.05, 0.1) is 16.7 Å². The van der Waals surface area contributed by atoms with Crippen molar-refractivity contribution in [2.45, 2.75) is 45.4 Å². The molecule has 3 nitrogen and oxygen atoms in total. The second kappa shape index (κ2) is 4.96. The predicted octanol–water partition coefficient (Wildman–Crippen LogP) is 3.27. The van der Waals surface area contributed by atoms with Crippen LogP contribution in [0.5, 0.6) is 0 Å². The van der Waals surface area contributed by atoms with Crippen molar-refractivity contribution in [3.8, 4) is 0 Å². The van der Waals surface area contributed by atoms with E-state index in [0.717, 1.165) is 11.1 Å². The minimum absolute atomic E-state index is 0.238. The maximum atomic E-state index is 14.1.